The lowest BCUT2D eigenvalue weighted by Crippen LogP contribution is -2.14. The highest BCUT2D eigenvalue weighted by Gasteiger charge is 2.51. The second kappa shape index (κ2) is 3.85. The molecule has 0 heterocycles. The molecule has 0 spiro atoms. The first-order valence-electron chi connectivity index (χ1n) is 6.41. The molecule has 1 nitrogen and oxygen atoms in total. The van der Waals surface area contributed by atoms with E-state index in [0.717, 1.165) is 19.3 Å². The lowest BCUT2D eigenvalue weighted by Gasteiger charge is -2.10. The van der Waals surface area contributed by atoms with Crippen molar-refractivity contribution in [1.29, 1.82) is 0 Å². The summed E-state index contributed by atoms with van der Waals surface area (Å²) in [5, 5.41) is 12.8. The smallest absolute Gasteiger partial charge is 0.0720 e. The fourth-order valence-corrected chi connectivity index (χ4v) is 2.81. The van der Waals surface area contributed by atoms with Gasteiger partial charge in [0, 0.05) is 6.42 Å². The molecule has 1 N–H and O–H groups in total. The van der Waals surface area contributed by atoms with E-state index in [9.17, 15) is 5.11 Å². The minimum Gasteiger partial charge on any atom is -0.389 e. The summed E-state index contributed by atoms with van der Waals surface area (Å²) in [4.78, 5) is 0. The quantitative estimate of drug-likeness (QED) is 0.848. The lowest BCUT2D eigenvalue weighted by atomic mass is 10.0. The number of hydrogen-bond acceptors (Lipinski definition) is 1. The molecular formula is C16H18O. The molecule has 0 bridgehead atoms. The maximum absolute atomic E-state index is 10.3. The predicted octanol–water partition coefficient (Wildman–Crippen LogP) is 3.54. The van der Waals surface area contributed by atoms with Crippen LogP contribution in [0.3, 0.4) is 0 Å². The van der Waals surface area contributed by atoms with Crippen molar-refractivity contribution in [2.75, 3.05) is 0 Å². The summed E-state index contributed by atoms with van der Waals surface area (Å²) in [6.45, 7) is 2.16. The van der Waals surface area contributed by atoms with E-state index in [1.54, 1.807) is 0 Å². The molecule has 1 fully saturated rings. The third-order valence-corrected chi connectivity index (χ3v) is 4.02. The topological polar surface area (TPSA) is 20.2 Å². The Kier molecular flexibility index (Phi) is 2.44. The van der Waals surface area contributed by atoms with Crippen LogP contribution in [0.5, 0.6) is 0 Å². The van der Waals surface area contributed by atoms with E-state index >= 15 is 0 Å². The van der Waals surface area contributed by atoms with Crippen molar-refractivity contribution in [1.82, 2.24) is 0 Å². The van der Waals surface area contributed by atoms with Gasteiger partial charge in [0.1, 0.15) is 0 Å². The van der Waals surface area contributed by atoms with Crippen molar-refractivity contribution in [3.63, 3.8) is 0 Å². The van der Waals surface area contributed by atoms with Gasteiger partial charge in [-0.15, -0.1) is 0 Å². The van der Waals surface area contributed by atoms with E-state index in [1.807, 2.05) is 0 Å². The van der Waals surface area contributed by atoms with E-state index in [4.69, 9.17) is 0 Å². The fourth-order valence-electron chi connectivity index (χ4n) is 2.81. The third-order valence-electron chi connectivity index (χ3n) is 4.02. The number of benzene rings is 2. The van der Waals surface area contributed by atoms with Crippen molar-refractivity contribution in [2.45, 2.75) is 31.8 Å². The summed E-state index contributed by atoms with van der Waals surface area (Å²) in [6, 6.07) is 14.9. The van der Waals surface area contributed by atoms with Gasteiger partial charge in [-0.1, -0.05) is 55.8 Å². The van der Waals surface area contributed by atoms with Crippen molar-refractivity contribution in [2.24, 2.45) is 5.92 Å². The summed E-state index contributed by atoms with van der Waals surface area (Å²) in [6.07, 6.45) is 2.86. The molecule has 2 aromatic carbocycles. The molecule has 2 unspecified atom stereocenters. The van der Waals surface area contributed by atoms with Crippen LogP contribution < -0.4 is 0 Å². The minimum atomic E-state index is -0.419. The second-order valence-corrected chi connectivity index (χ2v) is 5.27. The van der Waals surface area contributed by atoms with Gasteiger partial charge in [-0.2, -0.15) is 0 Å². The first kappa shape index (κ1) is 10.8. The molecule has 1 saturated carbocycles. The van der Waals surface area contributed by atoms with Crippen LogP contribution >= 0.6 is 0 Å². The molecule has 2 aromatic rings. The van der Waals surface area contributed by atoms with Gasteiger partial charge in [0.2, 0.25) is 0 Å². The molecule has 1 heteroatoms. The Hall–Kier alpha value is -1.34. The lowest BCUT2D eigenvalue weighted by molar-refractivity contribution is 0.130. The van der Waals surface area contributed by atoms with Crippen LogP contribution in [0, 0.1) is 5.92 Å². The van der Waals surface area contributed by atoms with Crippen LogP contribution in [0.15, 0.2) is 42.5 Å². The average molecular weight is 226 g/mol. The zero-order valence-corrected chi connectivity index (χ0v) is 10.2. The van der Waals surface area contributed by atoms with Crippen molar-refractivity contribution >= 4 is 10.8 Å². The SMILES string of the molecule is CCC1CC1(O)Cc1ccc2ccccc2c1. The summed E-state index contributed by atoms with van der Waals surface area (Å²) in [5.41, 5.74) is 0.833. The molecule has 0 radical (unpaired) electrons. The molecule has 88 valence electrons. The monoisotopic (exact) mass is 226 g/mol. The predicted molar refractivity (Wildman–Crippen MR) is 71.0 cm³/mol. The van der Waals surface area contributed by atoms with Gasteiger partial charge in [-0.3, -0.25) is 0 Å². The zero-order valence-electron chi connectivity index (χ0n) is 10.2. The highest BCUT2D eigenvalue weighted by molar-refractivity contribution is 5.83. The van der Waals surface area contributed by atoms with Crippen molar-refractivity contribution in [3.8, 4) is 0 Å². The third kappa shape index (κ3) is 1.96. The highest BCUT2D eigenvalue weighted by Crippen LogP contribution is 2.47. The van der Waals surface area contributed by atoms with Crippen LogP contribution in [-0.4, -0.2) is 10.7 Å². The molecule has 0 aliphatic heterocycles. The summed E-state index contributed by atoms with van der Waals surface area (Å²) < 4.78 is 0. The molecule has 3 rings (SSSR count). The number of hydrogen-bond donors (Lipinski definition) is 1. The van der Waals surface area contributed by atoms with Gasteiger partial charge in [-0.05, 0) is 28.7 Å². The normalized spacial score (nSPS) is 27.3. The number of fused-ring (bicyclic) bond motifs is 1. The van der Waals surface area contributed by atoms with Gasteiger partial charge in [-0.25, -0.2) is 0 Å². The van der Waals surface area contributed by atoms with Gasteiger partial charge in [0.05, 0.1) is 5.60 Å². The molecular weight excluding hydrogens is 208 g/mol. The summed E-state index contributed by atoms with van der Waals surface area (Å²) in [7, 11) is 0. The largest absolute Gasteiger partial charge is 0.389 e. The second-order valence-electron chi connectivity index (χ2n) is 5.27. The molecule has 17 heavy (non-hydrogen) atoms. The van der Waals surface area contributed by atoms with E-state index in [2.05, 4.69) is 49.4 Å². The summed E-state index contributed by atoms with van der Waals surface area (Å²) in [5.74, 6) is 0.508. The van der Waals surface area contributed by atoms with Crippen LogP contribution in [0.2, 0.25) is 0 Å². The molecule has 2 atom stereocenters. The van der Waals surface area contributed by atoms with Crippen LogP contribution in [0.4, 0.5) is 0 Å². The minimum absolute atomic E-state index is 0.419. The van der Waals surface area contributed by atoms with E-state index < -0.39 is 5.60 Å². The first-order chi connectivity index (χ1) is 8.21. The Morgan fingerprint density at radius 3 is 2.65 bits per heavy atom. The Balaban J connectivity index is 1.87. The Morgan fingerprint density at radius 2 is 1.94 bits per heavy atom. The molecule has 1 aliphatic carbocycles. The number of aliphatic hydroxyl groups is 1. The maximum Gasteiger partial charge on any atom is 0.0720 e. The van der Waals surface area contributed by atoms with E-state index in [-0.39, 0.29) is 0 Å². The van der Waals surface area contributed by atoms with E-state index in [1.165, 1.54) is 16.3 Å². The van der Waals surface area contributed by atoms with Gasteiger partial charge in [0.15, 0.2) is 0 Å². The Labute approximate surface area is 102 Å². The zero-order chi connectivity index (χ0) is 11.9. The van der Waals surface area contributed by atoms with Gasteiger partial charge < -0.3 is 5.11 Å². The molecule has 1 aliphatic rings. The van der Waals surface area contributed by atoms with Gasteiger partial charge >= 0.3 is 0 Å². The Morgan fingerprint density at radius 1 is 1.18 bits per heavy atom. The highest BCUT2D eigenvalue weighted by atomic mass is 16.3. The van der Waals surface area contributed by atoms with Gasteiger partial charge in [0.25, 0.3) is 0 Å². The van der Waals surface area contributed by atoms with Crippen LogP contribution in [0.1, 0.15) is 25.3 Å². The standard InChI is InChI=1S/C16H18O/c1-2-15-11-16(15,17)10-12-7-8-13-5-3-4-6-14(13)9-12/h3-9,15,17H,2,10-11H2,1H3. The van der Waals surface area contributed by atoms with Crippen molar-refractivity contribution in [3.05, 3.63) is 48.0 Å². The molecule has 0 saturated heterocycles. The van der Waals surface area contributed by atoms with E-state index in [0.29, 0.717) is 5.92 Å². The fraction of sp³-hybridized carbons (Fsp3) is 0.375. The number of rotatable bonds is 3. The van der Waals surface area contributed by atoms with Crippen molar-refractivity contribution < 1.29 is 5.11 Å². The maximum atomic E-state index is 10.3. The molecule has 0 amide bonds. The average Bonchev–Trinajstić information content (AvgIpc) is 3.00. The van der Waals surface area contributed by atoms with Crippen LogP contribution in [0.25, 0.3) is 10.8 Å². The first-order valence-corrected chi connectivity index (χ1v) is 6.41. The molecule has 0 aromatic heterocycles. The van der Waals surface area contributed by atoms with Crippen LogP contribution in [-0.2, 0) is 6.42 Å². The summed E-state index contributed by atoms with van der Waals surface area (Å²) >= 11 is 0. The Bertz CT molecular complexity index is 546.